The van der Waals surface area contributed by atoms with Gasteiger partial charge in [-0.15, -0.1) is 0 Å². The zero-order valence-corrected chi connectivity index (χ0v) is 10.3. The molecule has 0 saturated carbocycles. The Bertz CT molecular complexity index is 319. The first-order chi connectivity index (χ1) is 7.62. The number of hydrogen-bond donors (Lipinski definition) is 1. The summed E-state index contributed by atoms with van der Waals surface area (Å²) in [4.78, 5) is 2.46. The van der Waals surface area contributed by atoms with Gasteiger partial charge >= 0.3 is 0 Å². The van der Waals surface area contributed by atoms with Crippen LogP contribution >= 0.6 is 0 Å². The maximum atomic E-state index is 5.88. The van der Waals surface area contributed by atoms with E-state index in [1.165, 1.54) is 12.8 Å². The van der Waals surface area contributed by atoms with Crippen LogP contribution in [0.5, 0.6) is 0 Å². The lowest BCUT2D eigenvalue weighted by molar-refractivity contribution is 0.0718. The molecule has 0 spiro atoms. The summed E-state index contributed by atoms with van der Waals surface area (Å²) in [5.41, 5.74) is 6.28. The van der Waals surface area contributed by atoms with Crippen LogP contribution in [0.3, 0.4) is 0 Å². The molecule has 2 rings (SSSR count). The molecule has 0 aromatic carbocycles. The fraction of sp³-hybridized carbons (Fsp3) is 0.692. The molecule has 1 atom stereocenters. The number of likely N-dealkylation sites (tertiary alicyclic amines) is 1. The summed E-state index contributed by atoms with van der Waals surface area (Å²) >= 11 is 0. The van der Waals surface area contributed by atoms with E-state index in [4.69, 9.17) is 10.2 Å². The molecular weight excluding hydrogens is 200 g/mol. The molecule has 0 amide bonds. The van der Waals surface area contributed by atoms with Crippen LogP contribution in [0.1, 0.15) is 38.5 Å². The van der Waals surface area contributed by atoms with Gasteiger partial charge in [-0.3, -0.25) is 4.90 Å². The van der Waals surface area contributed by atoms with Crippen molar-refractivity contribution in [1.29, 1.82) is 0 Å². The molecule has 1 aliphatic rings. The fourth-order valence-electron chi connectivity index (χ4n) is 2.66. The van der Waals surface area contributed by atoms with Gasteiger partial charge in [-0.25, -0.2) is 0 Å². The molecule has 1 aromatic rings. The molecule has 0 radical (unpaired) electrons. The van der Waals surface area contributed by atoms with Gasteiger partial charge in [0.05, 0.1) is 12.3 Å². The Balaban J connectivity index is 2.10. The van der Waals surface area contributed by atoms with E-state index in [1.807, 2.05) is 12.1 Å². The van der Waals surface area contributed by atoms with Crippen LogP contribution < -0.4 is 5.73 Å². The lowest BCUT2D eigenvalue weighted by Gasteiger charge is -2.41. The molecule has 90 valence electrons. The maximum absolute atomic E-state index is 5.88. The van der Waals surface area contributed by atoms with Gasteiger partial charge in [0, 0.05) is 13.1 Å². The van der Waals surface area contributed by atoms with Crippen molar-refractivity contribution < 1.29 is 4.42 Å². The van der Waals surface area contributed by atoms with Gasteiger partial charge in [0.25, 0.3) is 0 Å². The number of piperidine rings is 1. The summed E-state index contributed by atoms with van der Waals surface area (Å²) in [6.45, 7) is 7.52. The summed E-state index contributed by atoms with van der Waals surface area (Å²) in [7, 11) is 0. The third-order valence-electron chi connectivity index (χ3n) is 3.47. The minimum absolute atomic E-state index is 0.245. The number of furan rings is 1. The molecule has 1 aliphatic heterocycles. The first-order valence-electron chi connectivity index (χ1n) is 6.10. The Morgan fingerprint density at radius 3 is 2.94 bits per heavy atom. The first-order valence-corrected chi connectivity index (χ1v) is 6.10. The highest BCUT2D eigenvalue weighted by Crippen LogP contribution is 2.33. The molecule has 1 unspecified atom stereocenters. The van der Waals surface area contributed by atoms with Gasteiger partial charge in [0.1, 0.15) is 5.76 Å². The second kappa shape index (κ2) is 4.60. The van der Waals surface area contributed by atoms with Crippen molar-refractivity contribution in [1.82, 2.24) is 4.90 Å². The Morgan fingerprint density at radius 2 is 2.38 bits per heavy atom. The number of nitrogens with zero attached hydrogens (tertiary/aromatic N) is 1. The minimum Gasteiger partial charge on any atom is -0.468 e. The smallest absolute Gasteiger partial charge is 0.122 e. The van der Waals surface area contributed by atoms with Crippen molar-refractivity contribution in [3.63, 3.8) is 0 Å². The largest absolute Gasteiger partial charge is 0.468 e. The fourth-order valence-corrected chi connectivity index (χ4v) is 2.66. The molecular formula is C13H22N2O. The van der Waals surface area contributed by atoms with Crippen LogP contribution in [0, 0.1) is 5.41 Å². The average Bonchev–Trinajstić information content (AvgIpc) is 2.71. The highest BCUT2D eigenvalue weighted by atomic mass is 16.3. The summed E-state index contributed by atoms with van der Waals surface area (Å²) in [6.07, 6.45) is 4.29. The number of hydrogen-bond acceptors (Lipinski definition) is 3. The first kappa shape index (κ1) is 11.7. The Kier molecular flexibility index (Phi) is 3.36. The van der Waals surface area contributed by atoms with Crippen LogP contribution in [0.2, 0.25) is 0 Å². The van der Waals surface area contributed by atoms with E-state index in [0.717, 1.165) is 18.8 Å². The average molecular weight is 222 g/mol. The Morgan fingerprint density at radius 1 is 1.56 bits per heavy atom. The molecule has 1 aromatic heterocycles. The Labute approximate surface area is 97.6 Å². The van der Waals surface area contributed by atoms with Crippen LogP contribution in [0.25, 0.3) is 0 Å². The normalized spacial score (nSPS) is 23.2. The van der Waals surface area contributed by atoms with Gasteiger partial charge in [0.15, 0.2) is 0 Å². The zero-order chi connectivity index (χ0) is 11.6. The summed E-state index contributed by atoms with van der Waals surface area (Å²) in [5, 5.41) is 0. The van der Waals surface area contributed by atoms with Gasteiger partial charge in [-0.1, -0.05) is 13.8 Å². The van der Waals surface area contributed by atoms with Gasteiger partial charge < -0.3 is 10.2 Å². The lowest BCUT2D eigenvalue weighted by atomic mass is 9.83. The van der Waals surface area contributed by atoms with Crippen molar-refractivity contribution >= 4 is 0 Å². The lowest BCUT2D eigenvalue weighted by Crippen LogP contribution is -2.44. The van der Waals surface area contributed by atoms with E-state index in [2.05, 4.69) is 18.7 Å². The van der Waals surface area contributed by atoms with Crippen molar-refractivity contribution in [3.05, 3.63) is 24.2 Å². The van der Waals surface area contributed by atoms with Crippen molar-refractivity contribution in [3.8, 4) is 0 Å². The number of rotatable bonds is 3. The highest BCUT2D eigenvalue weighted by Gasteiger charge is 2.31. The predicted octanol–water partition coefficient (Wildman–Crippen LogP) is 2.40. The molecule has 1 saturated heterocycles. The maximum Gasteiger partial charge on any atom is 0.122 e. The van der Waals surface area contributed by atoms with Crippen molar-refractivity contribution in [2.75, 3.05) is 19.6 Å². The SMILES string of the molecule is CC1(C)CCCN(C(CN)c2ccco2)C1. The van der Waals surface area contributed by atoms with Crippen molar-refractivity contribution in [2.45, 2.75) is 32.7 Å². The molecule has 16 heavy (non-hydrogen) atoms. The summed E-state index contributed by atoms with van der Waals surface area (Å²) < 4.78 is 5.49. The third kappa shape index (κ3) is 2.47. The van der Waals surface area contributed by atoms with Gasteiger partial charge in [0.2, 0.25) is 0 Å². The van der Waals surface area contributed by atoms with Gasteiger partial charge in [-0.2, -0.15) is 0 Å². The van der Waals surface area contributed by atoms with Crippen LogP contribution in [0.4, 0.5) is 0 Å². The second-order valence-electron chi connectivity index (χ2n) is 5.51. The summed E-state index contributed by atoms with van der Waals surface area (Å²) in [6, 6.07) is 4.21. The third-order valence-corrected chi connectivity index (χ3v) is 3.47. The molecule has 2 heterocycles. The molecule has 3 nitrogen and oxygen atoms in total. The van der Waals surface area contributed by atoms with E-state index in [9.17, 15) is 0 Å². The quantitative estimate of drug-likeness (QED) is 0.854. The molecule has 1 fully saturated rings. The predicted molar refractivity (Wildman–Crippen MR) is 65.1 cm³/mol. The molecule has 0 bridgehead atoms. The second-order valence-corrected chi connectivity index (χ2v) is 5.51. The molecule has 3 heteroatoms. The monoisotopic (exact) mass is 222 g/mol. The summed E-state index contributed by atoms with van der Waals surface area (Å²) in [5.74, 6) is 1.00. The van der Waals surface area contributed by atoms with E-state index in [0.29, 0.717) is 12.0 Å². The number of nitrogens with two attached hydrogens (primary N) is 1. The van der Waals surface area contributed by atoms with Crippen LogP contribution in [-0.4, -0.2) is 24.5 Å². The Hall–Kier alpha value is -0.800. The van der Waals surface area contributed by atoms with Gasteiger partial charge in [-0.05, 0) is 36.9 Å². The zero-order valence-electron chi connectivity index (χ0n) is 10.3. The van der Waals surface area contributed by atoms with Crippen LogP contribution in [-0.2, 0) is 0 Å². The van der Waals surface area contributed by atoms with Crippen molar-refractivity contribution in [2.24, 2.45) is 11.1 Å². The van der Waals surface area contributed by atoms with E-state index < -0.39 is 0 Å². The highest BCUT2D eigenvalue weighted by molar-refractivity contribution is 5.06. The molecule has 0 aliphatic carbocycles. The molecule has 2 N–H and O–H groups in total. The van der Waals surface area contributed by atoms with Crippen LogP contribution in [0.15, 0.2) is 22.8 Å². The van der Waals surface area contributed by atoms with E-state index in [-0.39, 0.29) is 6.04 Å². The van der Waals surface area contributed by atoms with E-state index in [1.54, 1.807) is 6.26 Å². The topological polar surface area (TPSA) is 42.4 Å². The minimum atomic E-state index is 0.245. The standard InChI is InChI=1S/C13H22N2O/c1-13(2)6-4-7-15(10-13)11(9-14)12-5-3-8-16-12/h3,5,8,11H,4,6-7,9-10,14H2,1-2H3. The van der Waals surface area contributed by atoms with E-state index >= 15 is 0 Å².